The Kier molecular flexibility index (Phi) is 7.51. The fourth-order valence-corrected chi connectivity index (χ4v) is 5.42. The number of aromatic nitrogens is 3. The molecule has 0 saturated carbocycles. The Morgan fingerprint density at radius 1 is 0.889 bits per heavy atom. The van der Waals surface area contributed by atoms with E-state index in [1.165, 1.54) is 11.8 Å². The van der Waals surface area contributed by atoms with Crippen LogP contribution in [0.5, 0.6) is 0 Å². The van der Waals surface area contributed by atoms with Gasteiger partial charge in [0.1, 0.15) is 0 Å². The number of carbonyl (C=O) groups excluding carboxylic acids is 1. The lowest BCUT2D eigenvalue weighted by atomic mass is 10.1. The van der Waals surface area contributed by atoms with Gasteiger partial charge in [-0.25, -0.2) is 0 Å². The summed E-state index contributed by atoms with van der Waals surface area (Å²) in [6.07, 6.45) is 0. The van der Waals surface area contributed by atoms with E-state index >= 15 is 0 Å². The molecule has 0 unspecified atom stereocenters. The largest absolute Gasteiger partial charge is 0.368 e. The van der Waals surface area contributed by atoms with Gasteiger partial charge in [-0.15, -0.1) is 10.2 Å². The van der Waals surface area contributed by atoms with Gasteiger partial charge >= 0.3 is 0 Å². The first-order valence-electron chi connectivity index (χ1n) is 11.7. The summed E-state index contributed by atoms with van der Waals surface area (Å²) in [6, 6.07) is 23.6. The quantitative estimate of drug-likeness (QED) is 0.283. The summed E-state index contributed by atoms with van der Waals surface area (Å²) < 4.78 is 1.98. The van der Waals surface area contributed by atoms with Crippen LogP contribution in [-0.2, 0) is 4.79 Å². The summed E-state index contributed by atoms with van der Waals surface area (Å²) in [4.78, 5) is 17.2. The van der Waals surface area contributed by atoms with Gasteiger partial charge in [0.25, 0.3) is 0 Å². The van der Waals surface area contributed by atoms with Crippen LogP contribution in [0, 0.1) is 6.92 Å². The van der Waals surface area contributed by atoms with E-state index in [1.807, 2.05) is 83.1 Å². The van der Waals surface area contributed by atoms with Gasteiger partial charge in [-0.1, -0.05) is 71.4 Å². The first-order valence-corrected chi connectivity index (χ1v) is 13.4. The second kappa shape index (κ2) is 10.9. The predicted octanol–water partition coefficient (Wildman–Crippen LogP) is 5.99. The number of anilines is 1. The third-order valence-corrected chi connectivity index (χ3v) is 7.76. The van der Waals surface area contributed by atoms with Crippen molar-refractivity contribution in [1.82, 2.24) is 19.7 Å². The molecule has 5 rings (SSSR count). The van der Waals surface area contributed by atoms with Gasteiger partial charge in [-0.05, 0) is 48.9 Å². The third-order valence-electron chi connectivity index (χ3n) is 6.21. The van der Waals surface area contributed by atoms with Crippen LogP contribution < -0.4 is 4.90 Å². The second-order valence-electron chi connectivity index (χ2n) is 8.58. The lowest BCUT2D eigenvalue weighted by Gasteiger charge is -2.36. The van der Waals surface area contributed by atoms with E-state index in [0.717, 1.165) is 40.6 Å². The third kappa shape index (κ3) is 5.38. The van der Waals surface area contributed by atoms with Crippen molar-refractivity contribution in [1.29, 1.82) is 0 Å². The minimum atomic E-state index is 0.0910. The SMILES string of the molecule is Cc1ccc(-c2nnc(SCC(=O)N3CCN(c4cccc(Cl)c4)CC3)n2-c2ccccc2)cc1Cl. The van der Waals surface area contributed by atoms with Crippen LogP contribution in [0.1, 0.15) is 5.56 Å². The number of carbonyl (C=O) groups is 1. The molecule has 1 aliphatic rings. The Balaban J connectivity index is 1.30. The lowest BCUT2D eigenvalue weighted by molar-refractivity contribution is -0.128. The summed E-state index contributed by atoms with van der Waals surface area (Å²) in [5.74, 6) is 1.07. The Bertz CT molecular complexity index is 1370. The number of thioether (sulfide) groups is 1. The van der Waals surface area contributed by atoms with Gasteiger partial charge in [0.15, 0.2) is 11.0 Å². The van der Waals surface area contributed by atoms with E-state index < -0.39 is 0 Å². The molecule has 0 N–H and O–H groups in total. The van der Waals surface area contributed by atoms with Crippen LogP contribution in [0.2, 0.25) is 10.0 Å². The highest BCUT2D eigenvalue weighted by Gasteiger charge is 2.23. The minimum Gasteiger partial charge on any atom is -0.368 e. The first kappa shape index (κ1) is 24.7. The number of hydrogen-bond donors (Lipinski definition) is 0. The van der Waals surface area contributed by atoms with Gasteiger partial charge < -0.3 is 9.80 Å². The van der Waals surface area contributed by atoms with Crippen molar-refractivity contribution in [3.05, 3.63) is 88.4 Å². The zero-order chi connectivity index (χ0) is 25.1. The zero-order valence-corrected chi connectivity index (χ0v) is 22.1. The summed E-state index contributed by atoms with van der Waals surface area (Å²) in [6.45, 7) is 4.86. The summed E-state index contributed by atoms with van der Waals surface area (Å²) in [7, 11) is 0. The van der Waals surface area contributed by atoms with E-state index in [4.69, 9.17) is 23.2 Å². The molecule has 9 heteroatoms. The molecule has 6 nitrogen and oxygen atoms in total. The van der Waals surface area contributed by atoms with Crippen molar-refractivity contribution in [3.63, 3.8) is 0 Å². The summed E-state index contributed by atoms with van der Waals surface area (Å²) in [5, 5.41) is 11.0. The molecule has 0 aliphatic carbocycles. The number of rotatable bonds is 6. The minimum absolute atomic E-state index is 0.0910. The summed E-state index contributed by atoms with van der Waals surface area (Å²) in [5.41, 5.74) is 3.89. The van der Waals surface area contributed by atoms with Crippen molar-refractivity contribution in [2.24, 2.45) is 0 Å². The van der Waals surface area contributed by atoms with E-state index in [9.17, 15) is 4.79 Å². The van der Waals surface area contributed by atoms with Crippen LogP contribution in [-0.4, -0.2) is 57.5 Å². The topological polar surface area (TPSA) is 54.3 Å². The molecule has 3 aromatic carbocycles. The molecule has 0 radical (unpaired) electrons. The van der Waals surface area contributed by atoms with E-state index in [0.29, 0.717) is 29.1 Å². The van der Waals surface area contributed by atoms with Gasteiger partial charge in [-0.2, -0.15) is 0 Å². The Morgan fingerprint density at radius 3 is 2.36 bits per heavy atom. The number of hydrogen-bond acceptors (Lipinski definition) is 5. The normalized spacial score (nSPS) is 13.8. The maximum Gasteiger partial charge on any atom is 0.233 e. The summed E-state index contributed by atoms with van der Waals surface area (Å²) >= 11 is 13.9. The highest BCUT2D eigenvalue weighted by atomic mass is 35.5. The molecule has 1 aromatic heterocycles. The molecular formula is C27H25Cl2N5OS. The van der Waals surface area contributed by atoms with E-state index in [2.05, 4.69) is 21.2 Å². The standard InChI is InChI=1S/C27H25Cl2N5OS/c1-19-10-11-20(16-24(19)29)26-30-31-27(34(26)22-7-3-2-4-8-22)36-18-25(35)33-14-12-32(13-15-33)23-9-5-6-21(28)17-23/h2-11,16-17H,12-15,18H2,1H3. The molecule has 1 aliphatic heterocycles. The molecule has 1 amide bonds. The van der Waals surface area contributed by atoms with Crippen molar-refractivity contribution in [2.75, 3.05) is 36.8 Å². The molecule has 1 fully saturated rings. The molecule has 0 bridgehead atoms. The molecule has 36 heavy (non-hydrogen) atoms. The second-order valence-corrected chi connectivity index (χ2v) is 10.4. The van der Waals surface area contributed by atoms with Crippen LogP contribution >= 0.6 is 35.0 Å². The average Bonchev–Trinajstić information content (AvgIpc) is 3.33. The molecule has 4 aromatic rings. The lowest BCUT2D eigenvalue weighted by Crippen LogP contribution is -2.49. The van der Waals surface area contributed by atoms with E-state index in [-0.39, 0.29) is 11.7 Å². The molecular weight excluding hydrogens is 513 g/mol. The molecule has 184 valence electrons. The highest BCUT2D eigenvalue weighted by Crippen LogP contribution is 2.30. The molecule has 0 atom stereocenters. The van der Waals surface area contributed by atoms with Crippen LogP contribution in [0.3, 0.4) is 0 Å². The Labute approximate surface area is 224 Å². The Morgan fingerprint density at radius 2 is 1.64 bits per heavy atom. The number of halogens is 2. The number of aryl methyl sites for hydroxylation is 1. The molecule has 0 spiro atoms. The first-order chi connectivity index (χ1) is 17.5. The number of benzene rings is 3. The van der Waals surface area contributed by atoms with Crippen molar-refractivity contribution in [3.8, 4) is 17.1 Å². The van der Waals surface area contributed by atoms with Gasteiger partial charge in [0, 0.05) is 53.2 Å². The van der Waals surface area contributed by atoms with Gasteiger partial charge in [0.2, 0.25) is 5.91 Å². The fourth-order valence-electron chi connectivity index (χ4n) is 4.20. The number of piperazine rings is 1. The monoisotopic (exact) mass is 537 g/mol. The van der Waals surface area contributed by atoms with Crippen molar-refractivity contribution < 1.29 is 4.79 Å². The van der Waals surface area contributed by atoms with Crippen LogP contribution in [0.25, 0.3) is 17.1 Å². The van der Waals surface area contributed by atoms with Crippen LogP contribution in [0.15, 0.2) is 78.0 Å². The van der Waals surface area contributed by atoms with Gasteiger partial charge in [0.05, 0.1) is 5.75 Å². The average molecular weight is 539 g/mol. The number of amides is 1. The maximum absolute atomic E-state index is 13.1. The van der Waals surface area contributed by atoms with Gasteiger partial charge in [-0.3, -0.25) is 9.36 Å². The Hall–Kier alpha value is -3.00. The van der Waals surface area contributed by atoms with Crippen LogP contribution in [0.4, 0.5) is 5.69 Å². The van der Waals surface area contributed by atoms with Crippen molar-refractivity contribution >= 4 is 46.6 Å². The molecule has 2 heterocycles. The number of para-hydroxylation sites is 1. The highest BCUT2D eigenvalue weighted by molar-refractivity contribution is 7.99. The zero-order valence-electron chi connectivity index (χ0n) is 19.8. The maximum atomic E-state index is 13.1. The van der Waals surface area contributed by atoms with E-state index in [1.54, 1.807) is 0 Å². The fraction of sp³-hybridized carbons (Fsp3) is 0.222. The number of nitrogens with zero attached hydrogens (tertiary/aromatic N) is 5. The smallest absolute Gasteiger partial charge is 0.233 e. The predicted molar refractivity (Wildman–Crippen MR) is 148 cm³/mol. The molecule has 1 saturated heterocycles. The van der Waals surface area contributed by atoms with Crippen molar-refractivity contribution in [2.45, 2.75) is 12.1 Å².